The van der Waals surface area contributed by atoms with Crippen LogP contribution in [0.2, 0.25) is 0 Å². The number of ether oxygens (including phenoxy) is 1. The van der Waals surface area contributed by atoms with Gasteiger partial charge in [-0.05, 0) is 36.3 Å². The van der Waals surface area contributed by atoms with E-state index in [-0.39, 0.29) is 40.9 Å². The summed E-state index contributed by atoms with van der Waals surface area (Å²) in [5.41, 5.74) is 1.24. The highest BCUT2D eigenvalue weighted by Crippen LogP contribution is 2.36. The summed E-state index contributed by atoms with van der Waals surface area (Å²) in [4.78, 5) is 25.2. The molecule has 31 heavy (non-hydrogen) atoms. The third kappa shape index (κ3) is 6.64. The van der Waals surface area contributed by atoms with Crippen molar-refractivity contribution in [3.05, 3.63) is 33.9 Å². The number of piperidine rings is 1. The molecule has 9 nitrogen and oxygen atoms in total. The Kier molecular flexibility index (Phi) is 8.41. The van der Waals surface area contributed by atoms with Crippen LogP contribution in [-0.4, -0.2) is 62.7 Å². The van der Waals surface area contributed by atoms with Gasteiger partial charge in [0.25, 0.3) is 5.69 Å². The Bertz CT molecular complexity index is 894. The highest BCUT2D eigenvalue weighted by molar-refractivity contribution is 7.88. The van der Waals surface area contributed by atoms with Gasteiger partial charge in [0.2, 0.25) is 10.0 Å². The van der Waals surface area contributed by atoms with E-state index in [1.807, 2.05) is 13.0 Å². The summed E-state index contributed by atoms with van der Waals surface area (Å²) in [6.45, 7) is 7.37. The van der Waals surface area contributed by atoms with Gasteiger partial charge in [0.05, 0.1) is 24.7 Å². The van der Waals surface area contributed by atoms with Crippen molar-refractivity contribution in [2.24, 2.45) is 5.92 Å². The van der Waals surface area contributed by atoms with Crippen LogP contribution in [0.5, 0.6) is 0 Å². The fraction of sp³-hybridized carbons (Fsp3) is 0.667. The number of rotatable bonds is 9. The number of anilines is 1. The molecule has 0 spiro atoms. The third-order valence-corrected chi connectivity index (χ3v) is 6.97. The van der Waals surface area contributed by atoms with Gasteiger partial charge >= 0.3 is 5.97 Å². The smallest absolute Gasteiger partial charge is 0.306 e. The zero-order valence-electron chi connectivity index (χ0n) is 18.9. The molecule has 1 aromatic carbocycles. The van der Waals surface area contributed by atoms with Gasteiger partial charge in [-0.1, -0.05) is 26.8 Å². The van der Waals surface area contributed by atoms with Crippen LogP contribution >= 0.6 is 0 Å². The number of methoxy groups -OCH3 is 1. The van der Waals surface area contributed by atoms with Crippen LogP contribution in [0.15, 0.2) is 18.2 Å². The predicted octanol–water partition coefficient (Wildman–Crippen LogP) is 3.15. The molecule has 1 aromatic rings. The predicted molar refractivity (Wildman–Crippen MR) is 120 cm³/mol. The molecule has 1 saturated heterocycles. The lowest BCUT2D eigenvalue weighted by Gasteiger charge is -2.39. The number of hydrogen-bond donors (Lipinski definition) is 0. The van der Waals surface area contributed by atoms with Crippen molar-refractivity contribution in [1.29, 1.82) is 0 Å². The number of sulfonamides is 1. The number of carbonyl (C=O) groups is 1. The first kappa shape index (κ1) is 25.1. The van der Waals surface area contributed by atoms with Gasteiger partial charge in [-0.3, -0.25) is 14.9 Å². The molecule has 1 aliphatic heterocycles. The average Bonchev–Trinajstić information content (AvgIpc) is 2.70. The van der Waals surface area contributed by atoms with Crippen molar-refractivity contribution in [1.82, 2.24) is 4.31 Å². The minimum atomic E-state index is -3.24. The van der Waals surface area contributed by atoms with Gasteiger partial charge in [-0.25, -0.2) is 12.7 Å². The molecule has 174 valence electrons. The Morgan fingerprint density at radius 3 is 2.39 bits per heavy atom. The van der Waals surface area contributed by atoms with Gasteiger partial charge in [-0.15, -0.1) is 0 Å². The van der Waals surface area contributed by atoms with Crippen LogP contribution < -0.4 is 4.90 Å². The Balaban J connectivity index is 2.35. The summed E-state index contributed by atoms with van der Waals surface area (Å²) in [5.74, 6) is -0.305. The maximum atomic E-state index is 11.9. The maximum Gasteiger partial charge on any atom is 0.306 e. The van der Waals surface area contributed by atoms with E-state index in [4.69, 9.17) is 4.74 Å². The molecule has 0 aromatic heterocycles. The Labute approximate surface area is 184 Å². The first-order valence-electron chi connectivity index (χ1n) is 10.5. The number of nitro groups is 1. The molecular weight excluding hydrogens is 422 g/mol. The number of nitrogens with zero attached hydrogens (tertiary/aromatic N) is 3. The lowest BCUT2D eigenvalue weighted by Crippen LogP contribution is -2.47. The molecular formula is C21H33N3O6S. The molecule has 0 bridgehead atoms. The number of nitro benzene ring substituents is 1. The van der Waals surface area contributed by atoms with E-state index in [0.29, 0.717) is 43.7 Å². The number of benzene rings is 1. The van der Waals surface area contributed by atoms with Gasteiger partial charge in [-0.2, -0.15) is 0 Å². The van der Waals surface area contributed by atoms with Gasteiger partial charge in [0, 0.05) is 31.7 Å². The van der Waals surface area contributed by atoms with Crippen molar-refractivity contribution in [3.63, 3.8) is 0 Å². The van der Waals surface area contributed by atoms with E-state index in [1.165, 1.54) is 17.7 Å². The maximum absolute atomic E-state index is 11.9. The fourth-order valence-corrected chi connectivity index (χ4v) is 4.88. The Hall–Kier alpha value is -2.20. The summed E-state index contributed by atoms with van der Waals surface area (Å²) < 4.78 is 29.9. The summed E-state index contributed by atoms with van der Waals surface area (Å²) in [6, 6.07) is 5.14. The van der Waals surface area contributed by atoms with E-state index in [0.717, 1.165) is 0 Å². The van der Waals surface area contributed by atoms with Crippen LogP contribution in [0, 0.1) is 16.0 Å². The molecule has 0 aliphatic carbocycles. The van der Waals surface area contributed by atoms with Crippen molar-refractivity contribution in [2.45, 2.75) is 52.0 Å². The lowest BCUT2D eigenvalue weighted by molar-refractivity contribution is -0.384. The number of esters is 1. The monoisotopic (exact) mass is 455 g/mol. The van der Waals surface area contributed by atoms with E-state index in [9.17, 15) is 23.3 Å². The van der Waals surface area contributed by atoms with Crippen molar-refractivity contribution >= 4 is 27.4 Å². The van der Waals surface area contributed by atoms with E-state index >= 15 is 0 Å². The SMILES string of the molecule is COC(=O)C[C@@H](C)c1ccc(N(CC(C)C)C2CCN(S(C)(=O)=O)CC2)c([N+](=O)[O-])c1. The fourth-order valence-electron chi connectivity index (χ4n) is 4.01. The van der Waals surface area contributed by atoms with Gasteiger partial charge in [0.15, 0.2) is 0 Å². The number of carbonyl (C=O) groups excluding carboxylic acids is 1. The molecule has 2 rings (SSSR count). The molecule has 0 radical (unpaired) electrons. The Morgan fingerprint density at radius 1 is 1.29 bits per heavy atom. The molecule has 1 atom stereocenters. The van der Waals surface area contributed by atoms with Gasteiger partial charge < -0.3 is 9.64 Å². The molecule has 0 amide bonds. The van der Waals surface area contributed by atoms with Crippen LogP contribution in [0.1, 0.15) is 51.5 Å². The first-order valence-corrected chi connectivity index (χ1v) is 12.4. The zero-order chi connectivity index (χ0) is 23.3. The zero-order valence-corrected chi connectivity index (χ0v) is 19.7. The lowest BCUT2D eigenvalue weighted by atomic mass is 9.95. The second-order valence-corrected chi connectivity index (χ2v) is 10.6. The summed E-state index contributed by atoms with van der Waals surface area (Å²) in [6.07, 6.45) is 2.57. The minimum absolute atomic E-state index is 0.000378. The second kappa shape index (κ2) is 10.4. The third-order valence-electron chi connectivity index (χ3n) is 5.67. The topological polar surface area (TPSA) is 110 Å². The summed E-state index contributed by atoms with van der Waals surface area (Å²) in [7, 11) is -1.92. The van der Waals surface area contributed by atoms with E-state index in [2.05, 4.69) is 18.7 Å². The van der Waals surface area contributed by atoms with E-state index in [1.54, 1.807) is 12.1 Å². The average molecular weight is 456 g/mol. The van der Waals surface area contributed by atoms with Crippen LogP contribution in [-0.2, 0) is 19.6 Å². The molecule has 1 fully saturated rings. The summed E-state index contributed by atoms with van der Waals surface area (Å²) in [5, 5.41) is 11.9. The minimum Gasteiger partial charge on any atom is -0.469 e. The van der Waals surface area contributed by atoms with Gasteiger partial charge in [0.1, 0.15) is 5.69 Å². The molecule has 0 N–H and O–H groups in total. The summed E-state index contributed by atoms with van der Waals surface area (Å²) >= 11 is 0. The van der Waals surface area contributed by atoms with E-state index < -0.39 is 10.0 Å². The van der Waals surface area contributed by atoms with Crippen molar-refractivity contribution in [2.75, 3.05) is 37.9 Å². The van der Waals surface area contributed by atoms with Crippen LogP contribution in [0.25, 0.3) is 0 Å². The molecule has 0 saturated carbocycles. The van der Waals surface area contributed by atoms with Crippen LogP contribution in [0.3, 0.4) is 0 Å². The quantitative estimate of drug-likeness (QED) is 0.319. The molecule has 10 heteroatoms. The Morgan fingerprint density at radius 2 is 1.90 bits per heavy atom. The van der Waals surface area contributed by atoms with Crippen molar-refractivity contribution < 1.29 is 22.9 Å². The highest BCUT2D eigenvalue weighted by Gasteiger charge is 2.32. The molecule has 0 unspecified atom stereocenters. The largest absolute Gasteiger partial charge is 0.469 e. The normalized spacial score (nSPS) is 16.8. The standard InChI is InChI=1S/C21H33N3O6S/c1-15(2)14-23(18-8-10-22(11-9-18)31(5,28)29)19-7-6-17(13-20(19)24(26)27)16(3)12-21(25)30-4/h6-7,13,15-16,18H,8-12,14H2,1-5H3/t16-/m1/s1. The highest BCUT2D eigenvalue weighted by atomic mass is 32.2. The van der Waals surface area contributed by atoms with Crippen molar-refractivity contribution in [3.8, 4) is 0 Å². The van der Waals surface area contributed by atoms with Crippen LogP contribution in [0.4, 0.5) is 11.4 Å². The molecule has 1 aliphatic rings. The number of hydrogen-bond acceptors (Lipinski definition) is 7. The second-order valence-electron chi connectivity index (χ2n) is 8.63. The molecule has 1 heterocycles. The first-order chi connectivity index (χ1) is 14.4.